The fourth-order valence-corrected chi connectivity index (χ4v) is 2.64. The van der Waals surface area contributed by atoms with Crippen LogP contribution in [0.15, 0.2) is 24.3 Å². The van der Waals surface area contributed by atoms with Crippen LogP contribution in [0.25, 0.3) is 0 Å². The first kappa shape index (κ1) is 22.9. The summed E-state index contributed by atoms with van der Waals surface area (Å²) in [5, 5.41) is 6.23. The molecule has 0 saturated heterocycles. The summed E-state index contributed by atoms with van der Waals surface area (Å²) < 4.78 is 0. The Labute approximate surface area is 167 Å². The van der Waals surface area contributed by atoms with Crippen molar-refractivity contribution in [2.75, 3.05) is 6.54 Å². The van der Waals surface area contributed by atoms with Gasteiger partial charge in [0.25, 0.3) is 11.8 Å². The predicted octanol–water partition coefficient (Wildman–Crippen LogP) is 2.68. The molecule has 0 radical (unpaired) electrons. The van der Waals surface area contributed by atoms with Gasteiger partial charge in [0.15, 0.2) is 5.11 Å². The SMILES string of the molecule is Cc1ccccc1C(=O)N[C@@H](CC(C)C)C(=O)NNC(=S)NCCC(C)C. The molecule has 1 aromatic carbocycles. The number of rotatable bonds is 8. The first-order chi connectivity index (χ1) is 12.7. The highest BCUT2D eigenvalue weighted by molar-refractivity contribution is 7.80. The van der Waals surface area contributed by atoms with Gasteiger partial charge in [-0.2, -0.15) is 0 Å². The van der Waals surface area contributed by atoms with E-state index >= 15 is 0 Å². The second-order valence-electron chi connectivity index (χ2n) is 7.52. The Morgan fingerprint density at radius 1 is 1.04 bits per heavy atom. The molecule has 0 aromatic heterocycles. The molecule has 1 atom stereocenters. The number of amides is 2. The normalized spacial score (nSPS) is 11.8. The smallest absolute Gasteiger partial charge is 0.260 e. The summed E-state index contributed by atoms with van der Waals surface area (Å²) in [5.74, 6) is 0.237. The van der Waals surface area contributed by atoms with E-state index in [1.165, 1.54) is 0 Å². The van der Waals surface area contributed by atoms with Crippen LogP contribution in [0.5, 0.6) is 0 Å². The van der Waals surface area contributed by atoms with E-state index in [2.05, 4.69) is 35.3 Å². The molecular formula is C20H32N4O2S. The number of hydrogen-bond acceptors (Lipinski definition) is 3. The van der Waals surface area contributed by atoms with E-state index in [0.717, 1.165) is 18.5 Å². The Bertz CT molecular complexity index is 647. The number of aryl methyl sites for hydroxylation is 1. The van der Waals surface area contributed by atoms with Gasteiger partial charge in [-0.3, -0.25) is 20.4 Å². The summed E-state index contributed by atoms with van der Waals surface area (Å²) in [5.41, 5.74) is 6.73. The number of carbonyl (C=O) groups is 2. The molecule has 27 heavy (non-hydrogen) atoms. The predicted molar refractivity (Wildman–Crippen MR) is 113 cm³/mol. The molecule has 0 fully saturated rings. The summed E-state index contributed by atoms with van der Waals surface area (Å²) in [6, 6.07) is 6.66. The topological polar surface area (TPSA) is 82.3 Å². The van der Waals surface area contributed by atoms with Crippen molar-refractivity contribution < 1.29 is 9.59 Å². The van der Waals surface area contributed by atoms with Crippen molar-refractivity contribution >= 4 is 29.1 Å². The van der Waals surface area contributed by atoms with Crippen LogP contribution in [0.4, 0.5) is 0 Å². The summed E-state index contributed by atoms with van der Waals surface area (Å²) in [6.07, 6.45) is 1.51. The zero-order valence-electron chi connectivity index (χ0n) is 16.9. The molecule has 4 N–H and O–H groups in total. The van der Waals surface area contributed by atoms with E-state index in [1.54, 1.807) is 6.07 Å². The van der Waals surface area contributed by atoms with Crippen molar-refractivity contribution in [1.82, 2.24) is 21.5 Å². The van der Waals surface area contributed by atoms with Crippen LogP contribution in [0.3, 0.4) is 0 Å². The molecule has 0 saturated carbocycles. The van der Waals surface area contributed by atoms with E-state index < -0.39 is 6.04 Å². The van der Waals surface area contributed by atoms with Crippen LogP contribution in [0.2, 0.25) is 0 Å². The largest absolute Gasteiger partial charge is 0.361 e. The number of hydrogen-bond donors (Lipinski definition) is 4. The summed E-state index contributed by atoms with van der Waals surface area (Å²) >= 11 is 5.16. The molecule has 0 spiro atoms. The lowest BCUT2D eigenvalue weighted by Gasteiger charge is -2.21. The van der Waals surface area contributed by atoms with Crippen molar-refractivity contribution in [3.8, 4) is 0 Å². The van der Waals surface area contributed by atoms with E-state index in [4.69, 9.17) is 12.2 Å². The quantitative estimate of drug-likeness (QED) is 0.404. The summed E-state index contributed by atoms with van der Waals surface area (Å²) in [4.78, 5) is 25.1. The lowest BCUT2D eigenvalue weighted by Crippen LogP contribution is -2.54. The first-order valence-corrected chi connectivity index (χ1v) is 9.81. The highest BCUT2D eigenvalue weighted by atomic mass is 32.1. The molecule has 0 unspecified atom stereocenters. The molecule has 0 aliphatic carbocycles. The average Bonchev–Trinajstić information content (AvgIpc) is 2.58. The molecule has 1 rings (SSSR count). The maximum Gasteiger partial charge on any atom is 0.260 e. The first-order valence-electron chi connectivity index (χ1n) is 9.40. The van der Waals surface area contributed by atoms with Gasteiger partial charge in [-0.15, -0.1) is 0 Å². The molecule has 150 valence electrons. The number of hydrazine groups is 1. The molecule has 1 aromatic rings. The molecule has 6 nitrogen and oxygen atoms in total. The Balaban J connectivity index is 2.62. The van der Waals surface area contributed by atoms with Crippen LogP contribution >= 0.6 is 12.2 Å². The standard InChI is InChI=1S/C20H32N4O2S/c1-13(2)10-11-21-20(27)24-23-19(26)17(12-14(3)4)22-18(25)16-9-7-6-8-15(16)5/h6-9,13-14,17H,10-12H2,1-5H3,(H,22,25)(H,23,26)(H2,21,24,27)/t17-/m0/s1. The number of nitrogens with one attached hydrogen (secondary N) is 4. The molecule has 7 heteroatoms. The molecule has 2 amide bonds. The number of carbonyl (C=O) groups excluding carboxylic acids is 2. The third-order valence-electron chi connectivity index (χ3n) is 4.03. The summed E-state index contributed by atoms with van der Waals surface area (Å²) in [6.45, 7) is 10.9. The van der Waals surface area contributed by atoms with Crippen molar-refractivity contribution in [3.63, 3.8) is 0 Å². The molecular weight excluding hydrogens is 360 g/mol. The average molecular weight is 393 g/mol. The minimum atomic E-state index is -0.650. The van der Waals surface area contributed by atoms with Gasteiger partial charge in [0.1, 0.15) is 6.04 Å². The monoisotopic (exact) mass is 392 g/mol. The Morgan fingerprint density at radius 2 is 1.70 bits per heavy atom. The Hall–Kier alpha value is -2.15. The van der Waals surface area contributed by atoms with E-state index in [9.17, 15) is 9.59 Å². The van der Waals surface area contributed by atoms with Crippen LogP contribution in [0, 0.1) is 18.8 Å². The number of benzene rings is 1. The van der Waals surface area contributed by atoms with Gasteiger partial charge in [0, 0.05) is 12.1 Å². The van der Waals surface area contributed by atoms with Crippen molar-refractivity contribution in [2.45, 2.75) is 53.5 Å². The zero-order chi connectivity index (χ0) is 20.4. The van der Waals surface area contributed by atoms with Crippen LogP contribution in [-0.4, -0.2) is 29.5 Å². The lowest BCUT2D eigenvalue weighted by atomic mass is 10.0. The highest BCUT2D eigenvalue weighted by Gasteiger charge is 2.23. The van der Waals surface area contributed by atoms with Crippen molar-refractivity contribution in [3.05, 3.63) is 35.4 Å². The van der Waals surface area contributed by atoms with E-state index in [0.29, 0.717) is 23.0 Å². The van der Waals surface area contributed by atoms with Crippen LogP contribution < -0.4 is 21.5 Å². The van der Waals surface area contributed by atoms with Gasteiger partial charge in [0.05, 0.1) is 0 Å². The number of thiocarbonyl (C=S) groups is 1. The fourth-order valence-electron chi connectivity index (χ4n) is 2.49. The zero-order valence-corrected chi connectivity index (χ0v) is 17.7. The molecule has 0 heterocycles. The van der Waals surface area contributed by atoms with Crippen molar-refractivity contribution in [1.29, 1.82) is 0 Å². The Kier molecular flexibility index (Phi) is 9.78. The lowest BCUT2D eigenvalue weighted by molar-refractivity contribution is -0.123. The summed E-state index contributed by atoms with van der Waals surface area (Å²) in [7, 11) is 0. The second-order valence-corrected chi connectivity index (χ2v) is 7.93. The fraction of sp³-hybridized carbons (Fsp3) is 0.550. The third-order valence-corrected chi connectivity index (χ3v) is 4.27. The molecule has 0 aliphatic heterocycles. The highest BCUT2D eigenvalue weighted by Crippen LogP contribution is 2.10. The minimum absolute atomic E-state index is 0.244. The third kappa shape index (κ3) is 8.86. The Morgan fingerprint density at radius 3 is 2.30 bits per heavy atom. The molecule has 0 aliphatic rings. The van der Waals surface area contributed by atoms with Gasteiger partial charge in [-0.1, -0.05) is 45.9 Å². The van der Waals surface area contributed by atoms with Crippen molar-refractivity contribution in [2.24, 2.45) is 11.8 Å². The van der Waals surface area contributed by atoms with Gasteiger partial charge in [0.2, 0.25) is 0 Å². The van der Waals surface area contributed by atoms with Gasteiger partial charge >= 0.3 is 0 Å². The maximum absolute atomic E-state index is 12.6. The van der Waals surface area contributed by atoms with Crippen LogP contribution in [0.1, 0.15) is 56.5 Å². The van der Waals surface area contributed by atoms with Gasteiger partial charge in [-0.25, -0.2) is 0 Å². The maximum atomic E-state index is 12.6. The van der Waals surface area contributed by atoms with E-state index in [-0.39, 0.29) is 17.7 Å². The minimum Gasteiger partial charge on any atom is -0.361 e. The van der Waals surface area contributed by atoms with Gasteiger partial charge in [-0.05, 0) is 55.4 Å². The second kappa shape index (κ2) is 11.5. The van der Waals surface area contributed by atoms with Crippen LogP contribution in [-0.2, 0) is 4.79 Å². The molecule has 0 bridgehead atoms. The van der Waals surface area contributed by atoms with Gasteiger partial charge < -0.3 is 10.6 Å². The van der Waals surface area contributed by atoms with E-state index in [1.807, 2.05) is 39.0 Å².